The molecule has 0 saturated carbocycles. The number of carbonyl (C=O) groups excluding carboxylic acids is 2. The number of hydrogen-bond donors (Lipinski definition) is 4. The van der Waals surface area contributed by atoms with E-state index < -0.39 is 33.3 Å². The van der Waals surface area contributed by atoms with E-state index in [1.165, 1.54) is 17.1 Å². The minimum atomic E-state index is -3.93. The Morgan fingerprint density at radius 3 is 2.36 bits per heavy atom. The lowest BCUT2D eigenvalue weighted by Crippen LogP contribution is -2.60. The summed E-state index contributed by atoms with van der Waals surface area (Å²) in [7, 11) is -2.37. The van der Waals surface area contributed by atoms with Gasteiger partial charge in [-0.3, -0.25) is 20.3 Å². The predicted octanol–water partition coefficient (Wildman–Crippen LogP) is 1.92. The maximum Gasteiger partial charge on any atom is 0.252 e. The van der Waals surface area contributed by atoms with Crippen LogP contribution >= 0.6 is 0 Å². The van der Waals surface area contributed by atoms with Gasteiger partial charge in [0.25, 0.3) is 5.91 Å². The number of hydrazine groups is 1. The third-order valence-corrected chi connectivity index (χ3v) is 9.53. The second-order valence-electron chi connectivity index (χ2n) is 11.8. The van der Waals surface area contributed by atoms with Crippen LogP contribution < -0.4 is 25.5 Å². The number of aliphatic hydroxyl groups excluding tert-OH is 1. The molecule has 0 aliphatic carbocycles. The lowest BCUT2D eigenvalue weighted by Gasteiger charge is -2.36. The van der Waals surface area contributed by atoms with Crippen molar-refractivity contribution in [3.05, 3.63) is 54.1 Å². The third kappa shape index (κ3) is 10.7. The smallest absolute Gasteiger partial charge is 0.252 e. The van der Waals surface area contributed by atoms with Crippen LogP contribution in [-0.4, -0.2) is 94.4 Å². The van der Waals surface area contributed by atoms with E-state index in [1.807, 2.05) is 44.2 Å². The zero-order chi connectivity index (χ0) is 33.0. The van der Waals surface area contributed by atoms with Gasteiger partial charge in [-0.15, -0.1) is 0 Å². The van der Waals surface area contributed by atoms with Crippen LogP contribution in [0.25, 0.3) is 0 Å². The summed E-state index contributed by atoms with van der Waals surface area (Å²) >= 11 is 0. The fourth-order valence-corrected chi connectivity index (χ4v) is 6.86. The van der Waals surface area contributed by atoms with Crippen molar-refractivity contribution in [1.82, 2.24) is 21.1 Å². The van der Waals surface area contributed by atoms with Crippen LogP contribution in [0, 0.1) is 11.8 Å². The van der Waals surface area contributed by atoms with Crippen LogP contribution in [0.1, 0.15) is 39.7 Å². The molecule has 0 bridgehead atoms. The van der Waals surface area contributed by atoms with Crippen molar-refractivity contribution in [3.8, 4) is 11.5 Å². The number of amides is 2. The normalized spacial score (nSPS) is 15.0. The maximum atomic E-state index is 13.8. The van der Waals surface area contributed by atoms with Gasteiger partial charge < -0.3 is 24.6 Å². The average molecular weight is 649 g/mol. The summed E-state index contributed by atoms with van der Waals surface area (Å²) in [4.78, 5) is 26.5. The van der Waals surface area contributed by atoms with Crippen LogP contribution in [0.5, 0.6) is 11.5 Å². The Hall–Kier alpha value is -3.23. The number of sulfone groups is 1. The quantitative estimate of drug-likeness (QED) is 0.148. The minimum Gasteiger partial charge on any atom is -0.486 e. The topological polar surface area (TPSA) is 156 Å². The number of carbonyl (C=O) groups is 2. The molecule has 0 aromatic heterocycles. The molecule has 1 heterocycles. The van der Waals surface area contributed by atoms with Crippen LogP contribution in [0.3, 0.4) is 0 Å². The fraction of sp³-hybridized carbons (Fsp3) is 0.562. The van der Waals surface area contributed by atoms with Crippen LogP contribution in [0.15, 0.2) is 53.4 Å². The molecule has 2 amide bonds. The molecule has 4 N–H and O–H groups in total. The molecule has 1 aliphatic rings. The summed E-state index contributed by atoms with van der Waals surface area (Å²) in [5, 5.41) is 17.8. The first kappa shape index (κ1) is 36.2. The van der Waals surface area contributed by atoms with E-state index in [4.69, 9.17) is 14.2 Å². The van der Waals surface area contributed by atoms with Gasteiger partial charge in [-0.2, -0.15) is 0 Å². The summed E-state index contributed by atoms with van der Waals surface area (Å²) in [6.45, 7) is 8.67. The molecule has 0 saturated heterocycles. The van der Waals surface area contributed by atoms with Crippen molar-refractivity contribution in [2.45, 2.75) is 63.0 Å². The molecular weight excluding hydrogens is 600 g/mol. The second-order valence-corrected chi connectivity index (χ2v) is 13.9. The molecule has 3 rings (SSSR count). The molecule has 1 aliphatic heterocycles. The van der Waals surface area contributed by atoms with Crippen LogP contribution in [-0.2, 0) is 30.6 Å². The highest BCUT2D eigenvalue weighted by Gasteiger charge is 2.35. The zero-order valence-corrected chi connectivity index (χ0v) is 27.6. The summed E-state index contributed by atoms with van der Waals surface area (Å²) in [6.07, 6.45) is -0.901. The predicted molar refractivity (Wildman–Crippen MR) is 170 cm³/mol. The van der Waals surface area contributed by atoms with Crippen molar-refractivity contribution in [2.75, 3.05) is 46.6 Å². The summed E-state index contributed by atoms with van der Waals surface area (Å²) in [6, 6.07) is 12.9. The summed E-state index contributed by atoms with van der Waals surface area (Å²) < 4.78 is 43.8. The second kappa shape index (κ2) is 17.5. The first-order valence-corrected chi connectivity index (χ1v) is 16.9. The number of methoxy groups -OCH3 is 1. The van der Waals surface area contributed by atoms with E-state index in [9.17, 15) is 23.1 Å². The molecule has 2 aromatic rings. The average Bonchev–Trinajstić information content (AvgIpc) is 3.00. The minimum absolute atomic E-state index is 0.00849. The van der Waals surface area contributed by atoms with Crippen LogP contribution in [0.2, 0.25) is 0 Å². The Kier molecular flexibility index (Phi) is 14.1. The Balaban J connectivity index is 1.87. The molecule has 45 heavy (non-hydrogen) atoms. The number of hydrogen-bond acceptors (Lipinski definition) is 10. The summed E-state index contributed by atoms with van der Waals surface area (Å²) in [5.74, 6) is -0.359. The molecular formula is C32H48N4O8S. The monoisotopic (exact) mass is 648 g/mol. The number of aliphatic hydroxyl groups is 1. The standard InChI is InChI=1S/C32H48N4O8S/c1-22(2)17-31(39)36(35-30(38)21-33-13-14-42-5)26(18-24-9-7-6-8-10-24)27(37)20-34-32(23(3)4)45(40,41)25-11-12-28-29(19-25)44-16-15-43-28/h6-12,19,22-23,26-27,32-34,37H,13-18,20-21H2,1-5H3,(H,35,38)/t26-,27+,32?/m0/s1. The van der Waals surface area contributed by atoms with Crippen molar-refractivity contribution in [2.24, 2.45) is 11.8 Å². The largest absolute Gasteiger partial charge is 0.486 e. The molecule has 1 unspecified atom stereocenters. The number of ether oxygens (including phenoxy) is 3. The van der Waals surface area contributed by atoms with Crippen molar-refractivity contribution in [3.63, 3.8) is 0 Å². The van der Waals surface area contributed by atoms with Gasteiger partial charge in [-0.1, -0.05) is 58.0 Å². The molecule has 250 valence electrons. The van der Waals surface area contributed by atoms with Gasteiger partial charge in [0, 0.05) is 32.7 Å². The molecule has 3 atom stereocenters. The SMILES string of the molecule is COCCNCC(=O)NN(C(=O)CC(C)C)[C@@H](Cc1ccccc1)[C@H](O)CNC(C(C)C)S(=O)(=O)c1ccc2c(c1)OCCO2. The lowest BCUT2D eigenvalue weighted by molar-refractivity contribution is -0.148. The van der Waals surface area contributed by atoms with E-state index in [0.717, 1.165) is 5.56 Å². The van der Waals surface area contributed by atoms with Gasteiger partial charge in [0.15, 0.2) is 21.3 Å². The Morgan fingerprint density at radius 1 is 1.02 bits per heavy atom. The fourth-order valence-electron chi connectivity index (χ4n) is 5.01. The maximum absolute atomic E-state index is 13.8. The molecule has 13 heteroatoms. The number of benzene rings is 2. The third-order valence-electron chi connectivity index (χ3n) is 7.24. The Bertz CT molecular complexity index is 1340. The van der Waals surface area contributed by atoms with E-state index in [1.54, 1.807) is 27.0 Å². The molecule has 2 aromatic carbocycles. The van der Waals surface area contributed by atoms with E-state index in [0.29, 0.717) is 37.9 Å². The molecule has 0 spiro atoms. The summed E-state index contributed by atoms with van der Waals surface area (Å²) in [5.41, 5.74) is 3.54. The van der Waals surface area contributed by atoms with Gasteiger partial charge in [-0.05, 0) is 36.0 Å². The van der Waals surface area contributed by atoms with Gasteiger partial charge in [0.1, 0.15) is 18.6 Å². The Morgan fingerprint density at radius 2 is 1.71 bits per heavy atom. The highest BCUT2D eigenvalue weighted by molar-refractivity contribution is 7.92. The van der Waals surface area contributed by atoms with Crippen molar-refractivity contribution in [1.29, 1.82) is 0 Å². The van der Waals surface area contributed by atoms with Crippen molar-refractivity contribution < 1.29 is 37.3 Å². The van der Waals surface area contributed by atoms with Gasteiger partial charge in [0.2, 0.25) is 5.91 Å². The number of nitrogens with one attached hydrogen (secondary N) is 3. The molecule has 12 nitrogen and oxygen atoms in total. The van der Waals surface area contributed by atoms with E-state index in [-0.39, 0.29) is 48.6 Å². The molecule has 0 fully saturated rings. The van der Waals surface area contributed by atoms with Crippen molar-refractivity contribution >= 4 is 21.7 Å². The number of fused-ring (bicyclic) bond motifs is 1. The van der Waals surface area contributed by atoms with Gasteiger partial charge >= 0.3 is 0 Å². The van der Waals surface area contributed by atoms with Gasteiger partial charge in [-0.25, -0.2) is 13.4 Å². The van der Waals surface area contributed by atoms with E-state index in [2.05, 4.69) is 16.1 Å². The first-order valence-electron chi connectivity index (χ1n) is 15.3. The van der Waals surface area contributed by atoms with Crippen LogP contribution in [0.4, 0.5) is 0 Å². The zero-order valence-electron chi connectivity index (χ0n) is 26.8. The van der Waals surface area contributed by atoms with Gasteiger partial charge in [0.05, 0.1) is 30.2 Å². The number of rotatable bonds is 17. The lowest BCUT2D eigenvalue weighted by atomic mass is 9.99. The highest BCUT2D eigenvalue weighted by atomic mass is 32.2. The molecule has 0 radical (unpaired) electrons. The number of nitrogens with zero attached hydrogens (tertiary/aromatic N) is 1. The Labute approximate surface area is 266 Å². The highest BCUT2D eigenvalue weighted by Crippen LogP contribution is 2.34. The van der Waals surface area contributed by atoms with E-state index >= 15 is 0 Å². The first-order chi connectivity index (χ1) is 21.4.